The number of benzene rings is 1. The van der Waals surface area contributed by atoms with E-state index in [1.807, 2.05) is 18.2 Å². The summed E-state index contributed by atoms with van der Waals surface area (Å²) in [5, 5.41) is 3.51. The molecule has 18 heavy (non-hydrogen) atoms. The van der Waals surface area contributed by atoms with Gasteiger partial charge in [0.15, 0.2) is 0 Å². The van der Waals surface area contributed by atoms with Crippen LogP contribution in [0, 0.1) is 5.92 Å². The van der Waals surface area contributed by atoms with Crippen LogP contribution in [0.2, 0.25) is 0 Å². The molecule has 3 nitrogen and oxygen atoms in total. The van der Waals surface area contributed by atoms with Crippen molar-refractivity contribution in [3.05, 3.63) is 29.8 Å². The Balaban J connectivity index is 2.41. The number of nitrogens with one attached hydrogen (secondary N) is 1. The predicted molar refractivity (Wildman–Crippen MR) is 79.5 cm³/mol. The number of nitrogens with two attached hydrogens (primary N) is 1. The Hall–Kier alpha value is -1.06. The number of hydrogen-bond acceptors (Lipinski definition) is 3. The monoisotopic (exact) mass is 249 g/mol. The molecule has 102 valence electrons. The van der Waals surface area contributed by atoms with Crippen LogP contribution in [0.1, 0.15) is 25.8 Å². The summed E-state index contributed by atoms with van der Waals surface area (Å²) in [6, 6.07) is 8.62. The fourth-order valence-electron chi connectivity index (χ4n) is 2.09. The van der Waals surface area contributed by atoms with E-state index in [2.05, 4.69) is 44.2 Å². The van der Waals surface area contributed by atoms with E-state index in [0.29, 0.717) is 6.04 Å². The van der Waals surface area contributed by atoms with Gasteiger partial charge >= 0.3 is 0 Å². The summed E-state index contributed by atoms with van der Waals surface area (Å²) in [6.45, 7) is 6.38. The third-order valence-electron chi connectivity index (χ3n) is 3.22. The van der Waals surface area contributed by atoms with Crippen LogP contribution < -0.4 is 11.1 Å². The van der Waals surface area contributed by atoms with Crippen molar-refractivity contribution in [1.29, 1.82) is 0 Å². The lowest BCUT2D eigenvalue weighted by Gasteiger charge is -2.26. The molecule has 1 aromatic carbocycles. The molecule has 3 N–H and O–H groups in total. The Bertz CT molecular complexity index is 347. The molecule has 0 aliphatic rings. The highest BCUT2D eigenvalue weighted by Crippen LogP contribution is 2.11. The molecule has 0 spiro atoms. The first-order chi connectivity index (χ1) is 8.50. The molecule has 3 heteroatoms. The molecule has 0 fully saturated rings. The molecule has 0 heterocycles. The summed E-state index contributed by atoms with van der Waals surface area (Å²) < 4.78 is 0. The number of anilines is 1. The molecule has 0 aliphatic heterocycles. The van der Waals surface area contributed by atoms with Crippen LogP contribution >= 0.6 is 0 Å². The van der Waals surface area contributed by atoms with Crippen LogP contribution in [0.15, 0.2) is 24.3 Å². The topological polar surface area (TPSA) is 41.3 Å². The zero-order valence-corrected chi connectivity index (χ0v) is 12.1. The molecule has 1 rings (SSSR count). The molecule has 0 radical (unpaired) electrons. The first-order valence-corrected chi connectivity index (χ1v) is 6.71. The Labute approximate surface area is 111 Å². The molecule has 0 saturated carbocycles. The summed E-state index contributed by atoms with van der Waals surface area (Å²) in [5.41, 5.74) is 7.98. The molecule has 0 aliphatic carbocycles. The zero-order chi connectivity index (χ0) is 13.5. The third-order valence-corrected chi connectivity index (χ3v) is 3.22. The van der Waals surface area contributed by atoms with Gasteiger partial charge in [-0.15, -0.1) is 0 Å². The van der Waals surface area contributed by atoms with Crippen LogP contribution in [0.4, 0.5) is 5.69 Å². The van der Waals surface area contributed by atoms with E-state index in [-0.39, 0.29) is 0 Å². The van der Waals surface area contributed by atoms with E-state index in [0.717, 1.165) is 24.7 Å². The summed E-state index contributed by atoms with van der Waals surface area (Å²) in [4.78, 5) is 2.29. The molecule has 0 bridgehead atoms. The largest absolute Gasteiger partial charge is 0.398 e. The number of likely N-dealkylation sites (N-methyl/N-ethyl adjacent to an activating group) is 1. The zero-order valence-electron chi connectivity index (χ0n) is 12.1. The van der Waals surface area contributed by atoms with Crippen LogP contribution in [-0.2, 0) is 6.54 Å². The van der Waals surface area contributed by atoms with Gasteiger partial charge in [-0.1, -0.05) is 32.0 Å². The highest BCUT2D eigenvalue weighted by molar-refractivity contribution is 5.46. The van der Waals surface area contributed by atoms with Crippen LogP contribution in [-0.4, -0.2) is 31.6 Å². The molecule has 1 unspecified atom stereocenters. The van der Waals surface area contributed by atoms with E-state index < -0.39 is 0 Å². The Morgan fingerprint density at radius 1 is 1.22 bits per heavy atom. The Morgan fingerprint density at radius 2 is 1.89 bits per heavy atom. The van der Waals surface area contributed by atoms with E-state index in [1.165, 1.54) is 12.0 Å². The maximum absolute atomic E-state index is 5.93. The molecular formula is C15H27N3. The van der Waals surface area contributed by atoms with Gasteiger partial charge in [-0.25, -0.2) is 0 Å². The van der Waals surface area contributed by atoms with Crippen molar-refractivity contribution in [3.8, 4) is 0 Å². The minimum Gasteiger partial charge on any atom is -0.398 e. The van der Waals surface area contributed by atoms with Gasteiger partial charge in [-0.05, 0) is 38.1 Å². The number of hydrogen-bond donors (Lipinski definition) is 2. The van der Waals surface area contributed by atoms with Gasteiger partial charge in [0.1, 0.15) is 0 Å². The van der Waals surface area contributed by atoms with Crippen molar-refractivity contribution < 1.29 is 0 Å². The van der Waals surface area contributed by atoms with Gasteiger partial charge in [-0.2, -0.15) is 0 Å². The maximum Gasteiger partial charge on any atom is 0.0359 e. The van der Waals surface area contributed by atoms with Gasteiger partial charge < -0.3 is 16.0 Å². The van der Waals surface area contributed by atoms with Crippen molar-refractivity contribution in [1.82, 2.24) is 10.2 Å². The first kappa shape index (κ1) is 15.0. The normalized spacial score (nSPS) is 13.2. The number of para-hydroxylation sites is 1. The molecule has 0 amide bonds. The van der Waals surface area contributed by atoms with Gasteiger partial charge in [0.2, 0.25) is 0 Å². The fourth-order valence-corrected chi connectivity index (χ4v) is 2.09. The highest BCUT2D eigenvalue weighted by Gasteiger charge is 2.12. The summed E-state index contributed by atoms with van der Waals surface area (Å²) in [6.07, 6.45) is 1.21. The standard InChI is InChI=1S/C15H27N3/c1-12(2)9-14(18(3)4)11-17-10-13-7-5-6-8-15(13)16/h5-8,12,14,17H,9-11,16H2,1-4H3. The average Bonchev–Trinajstić information content (AvgIpc) is 2.29. The van der Waals surface area contributed by atoms with Gasteiger partial charge in [0.25, 0.3) is 0 Å². The smallest absolute Gasteiger partial charge is 0.0359 e. The van der Waals surface area contributed by atoms with Crippen molar-refractivity contribution >= 4 is 5.69 Å². The summed E-state index contributed by atoms with van der Waals surface area (Å²) in [7, 11) is 4.29. The second-order valence-corrected chi connectivity index (χ2v) is 5.58. The lowest BCUT2D eigenvalue weighted by atomic mass is 10.0. The summed E-state index contributed by atoms with van der Waals surface area (Å²) in [5.74, 6) is 0.723. The molecule has 0 saturated heterocycles. The van der Waals surface area contributed by atoms with E-state index in [1.54, 1.807) is 0 Å². The summed E-state index contributed by atoms with van der Waals surface area (Å²) >= 11 is 0. The SMILES string of the molecule is CC(C)CC(CNCc1ccccc1N)N(C)C. The van der Waals surface area contributed by atoms with Crippen molar-refractivity contribution in [2.75, 3.05) is 26.4 Å². The van der Waals surface area contributed by atoms with Crippen LogP contribution in [0.5, 0.6) is 0 Å². The number of nitrogens with zero attached hydrogens (tertiary/aromatic N) is 1. The Morgan fingerprint density at radius 3 is 2.44 bits per heavy atom. The highest BCUT2D eigenvalue weighted by atomic mass is 15.1. The van der Waals surface area contributed by atoms with E-state index in [9.17, 15) is 0 Å². The quantitative estimate of drug-likeness (QED) is 0.729. The second-order valence-electron chi connectivity index (χ2n) is 5.58. The van der Waals surface area contributed by atoms with Gasteiger partial charge in [-0.3, -0.25) is 0 Å². The number of rotatable bonds is 7. The molecule has 0 aromatic heterocycles. The minimum absolute atomic E-state index is 0.579. The Kier molecular flexibility index (Phi) is 6.16. The van der Waals surface area contributed by atoms with Crippen molar-refractivity contribution in [2.24, 2.45) is 5.92 Å². The third kappa shape index (κ3) is 5.07. The second kappa shape index (κ2) is 7.39. The molecule has 1 aromatic rings. The minimum atomic E-state index is 0.579. The average molecular weight is 249 g/mol. The van der Waals surface area contributed by atoms with Crippen molar-refractivity contribution in [2.45, 2.75) is 32.9 Å². The lowest BCUT2D eigenvalue weighted by Crippen LogP contribution is -2.38. The van der Waals surface area contributed by atoms with Gasteiger partial charge in [0, 0.05) is 24.8 Å². The van der Waals surface area contributed by atoms with Crippen LogP contribution in [0.3, 0.4) is 0 Å². The van der Waals surface area contributed by atoms with Gasteiger partial charge in [0.05, 0.1) is 0 Å². The van der Waals surface area contributed by atoms with E-state index in [4.69, 9.17) is 5.73 Å². The fraction of sp³-hybridized carbons (Fsp3) is 0.600. The van der Waals surface area contributed by atoms with E-state index >= 15 is 0 Å². The van der Waals surface area contributed by atoms with Crippen molar-refractivity contribution in [3.63, 3.8) is 0 Å². The lowest BCUT2D eigenvalue weighted by molar-refractivity contribution is 0.247. The van der Waals surface area contributed by atoms with Crippen LogP contribution in [0.25, 0.3) is 0 Å². The molecule has 1 atom stereocenters. The number of nitrogen functional groups attached to an aromatic ring is 1. The molecular weight excluding hydrogens is 222 g/mol. The maximum atomic E-state index is 5.93. The predicted octanol–water partition coefficient (Wildman–Crippen LogP) is 2.33. The first-order valence-electron chi connectivity index (χ1n) is 6.71.